The highest BCUT2D eigenvalue weighted by Crippen LogP contribution is 2.25. The Hall–Kier alpha value is -3.85. The lowest BCUT2D eigenvalue weighted by Gasteiger charge is -2.21. The minimum absolute atomic E-state index is 0.224. The number of methoxy groups -OCH3 is 1. The highest BCUT2D eigenvalue weighted by molar-refractivity contribution is 6.17. The standard InChI is InChI=1S/C25H27N3O6.2C2H6/c1-25(2,3)34-24(32)28-17(14-29)10-16-6-5-15(9-21(16)28)13-27-8-7-18-19(22(27)30)11-26-12-20(18)23(31)33-4;2*1-2/h5-10,12,26,29H,11,13-14H2,1-4H3;2*1-2H3. The molecule has 0 saturated heterocycles. The van der Waals surface area contributed by atoms with Gasteiger partial charge in [0.15, 0.2) is 0 Å². The first-order chi connectivity index (χ1) is 18.1. The van der Waals surface area contributed by atoms with Gasteiger partial charge in [-0.05, 0) is 44.5 Å². The Kier molecular flexibility index (Phi) is 10.5. The Balaban J connectivity index is 0.00000121. The molecule has 0 amide bonds. The Bertz CT molecular complexity index is 1380. The van der Waals surface area contributed by atoms with Crippen molar-refractivity contribution in [2.45, 2.75) is 73.8 Å². The first kappa shape index (κ1) is 30.4. The number of nitrogens with one attached hydrogen (secondary N) is 1. The van der Waals surface area contributed by atoms with Crippen LogP contribution in [-0.2, 0) is 34.0 Å². The first-order valence-corrected chi connectivity index (χ1v) is 12.8. The van der Waals surface area contributed by atoms with E-state index in [0.717, 1.165) is 10.9 Å². The number of ether oxygens (including phenoxy) is 2. The normalized spacial score (nSPS) is 12.1. The fourth-order valence-corrected chi connectivity index (χ4v) is 4.02. The second-order valence-electron chi connectivity index (χ2n) is 9.07. The third-order valence-corrected chi connectivity index (χ3v) is 5.52. The van der Waals surface area contributed by atoms with Crippen LogP contribution >= 0.6 is 0 Å². The number of pyridine rings is 1. The molecule has 9 nitrogen and oxygen atoms in total. The molecule has 0 bridgehead atoms. The second-order valence-corrected chi connectivity index (χ2v) is 9.07. The van der Waals surface area contributed by atoms with Gasteiger partial charge in [-0.1, -0.05) is 39.8 Å². The number of hydrogen-bond acceptors (Lipinski definition) is 7. The molecule has 2 aromatic heterocycles. The van der Waals surface area contributed by atoms with Crippen LogP contribution < -0.4 is 10.9 Å². The van der Waals surface area contributed by atoms with Crippen molar-refractivity contribution in [1.29, 1.82) is 0 Å². The largest absolute Gasteiger partial charge is 0.465 e. The van der Waals surface area contributed by atoms with Crippen molar-refractivity contribution in [2.24, 2.45) is 0 Å². The van der Waals surface area contributed by atoms with Crippen molar-refractivity contribution in [3.8, 4) is 0 Å². The van der Waals surface area contributed by atoms with Gasteiger partial charge in [-0.3, -0.25) is 4.79 Å². The molecule has 3 heterocycles. The number of benzene rings is 1. The maximum atomic E-state index is 13.2. The number of aliphatic hydroxyl groups excluding tert-OH is 1. The first-order valence-electron chi connectivity index (χ1n) is 12.8. The average Bonchev–Trinajstić information content (AvgIpc) is 3.29. The highest BCUT2D eigenvalue weighted by Gasteiger charge is 2.24. The van der Waals surface area contributed by atoms with Crippen molar-refractivity contribution in [3.63, 3.8) is 0 Å². The van der Waals surface area contributed by atoms with Gasteiger partial charge in [0.2, 0.25) is 0 Å². The van der Waals surface area contributed by atoms with Crippen LogP contribution in [0.1, 0.15) is 70.9 Å². The van der Waals surface area contributed by atoms with Crippen molar-refractivity contribution >= 4 is 28.5 Å². The zero-order valence-corrected chi connectivity index (χ0v) is 23.5. The van der Waals surface area contributed by atoms with Gasteiger partial charge in [0, 0.05) is 35.5 Å². The lowest BCUT2D eigenvalue weighted by Crippen LogP contribution is -2.31. The SMILES string of the molecule is CC.CC.COC(=O)C1=CNCc2c1ccn(Cc1ccc3cc(CO)n(C(=O)OC(C)(C)C)c3c1)c2=O. The fraction of sp³-hybridized carbons (Fsp3) is 0.414. The van der Waals surface area contributed by atoms with Crippen molar-refractivity contribution in [1.82, 2.24) is 14.5 Å². The molecule has 0 spiro atoms. The predicted octanol–water partition coefficient (Wildman–Crippen LogP) is 4.80. The van der Waals surface area contributed by atoms with Gasteiger partial charge in [0.1, 0.15) is 5.60 Å². The molecule has 9 heteroatoms. The quantitative estimate of drug-likeness (QED) is 0.471. The van der Waals surface area contributed by atoms with E-state index in [2.05, 4.69) is 5.32 Å². The molecule has 0 unspecified atom stereocenters. The lowest BCUT2D eigenvalue weighted by atomic mass is 9.99. The molecule has 38 heavy (non-hydrogen) atoms. The second kappa shape index (κ2) is 13.1. The molecule has 2 N–H and O–H groups in total. The third-order valence-electron chi connectivity index (χ3n) is 5.52. The van der Waals surface area contributed by atoms with Crippen LogP contribution in [0.2, 0.25) is 0 Å². The van der Waals surface area contributed by atoms with Crippen LogP contribution in [0, 0.1) is 0 Å². The number of hydrogen-bond donors (Lipinski definition) is 2. The molecule has 3 aromatic rings. The van der Waals surface area contributed by atoms with Crippen LogP contribution in [0.25, 0.3) is 16.5 Å². The van der Waals surface area contributed by atoms with E-state index in [1.807, 2.05) is 45.9 Å². The van der Waals surface area contributed by atoms with E-state index in [1.54, 1.807) is 49.9 Å². The number of nitrogens with zero attached hydrogens (tertiary/aromatic N) is 2. The monoisotopic (exact) mass is 525 g/mol. The molecule has 0 aliphatic carbocycles. The van der Waals surface area contributed by atoms with Gasteiger partial charge < -0.3 is 24.5 Å². The highest BCUT2D eigenvalue weighted by atomic mass is 16.6. The molecule has 1 aliphatic rings. The summed E-state index contributed by atoms with van der Waals surface area (Å²) in [7, 11) is 1.30. The third kappa shape index (κ3) is 6.52. The predicted molar refractivity (Wildman–Crippen MR) is 149 cm³/mol. The van der Waals surface area contributed by atoms with Gasteiger partial charge in [-0.2, -0.15) is 0 Å². The maximum Gasteiger partial charge on any atom is 0.419 e. The number of aromatic nitrogens is 2. The molecular formula is C29H39N3O6. The van der Waals surface area contributed by atoms with E-state index in [0.29, 0.717) is 34.5 Å². The van der Waals surface area contributed by atoms with Gasteiger partial charge in [0.25, 0.3) is 5.56 Å². The van der Waals surface area contributed by atoms with E-state index >= 15 is 0 Å². The number of aliphatic hydroxyl groups is 1. The summed E-state index contributed by atoms with van der Waals surface area (Å²) in [5, 5.41) is 13.5. The van der Waals surface area contributed by atoms with Crippen molar-refractivity contribution in [3.05, 3.63) is 75.5 Å². The summed E-state index contributed by atoms with van der Waals surface area (Å²) < 4.78 is 13.2. The Labute approximate surface area is 223 Å². The molecule has 206 valence electrons. The lowest BCUT2D eigenvalue weighted by molar-refractivity contribution is -0.133. The fourth-order valence-electron chi connectivity index (χ4n) is 4.02. The summed E-state index contributed by atoms with van der Waals surface area (Å²) in [5.41, 5.74) is 2.20. The molecule has 0 radical (unpaired) electrons. The van der Waals surface area contributed by atoms with E-state index in [1.165, 1.54) is 11.7 Å². The Morgan fingerprint density at radius 1 is 1.08 bits per heavy atom. The number of carbonyl (C=O) groups excluding carboxylic acids is 2. The molecule has 0 fully saturated rings. The summed E-state index contributed by atoms with van der Waals surface area (Å²) in [6, 6.07) is 8.98. The number of fused-ring (bicyclic) bond motifs is 2. The van der Waals surface area contributed by atoms with Crippen LogP contribution in [0.3, 0.4) is 0 Å². The minimum Gasteiger partial charge on any atom is -0.465 e. The minimum atomic E-state index is -0.694. The smallest absolute Gasteiger partial charge is 0.419 e. The Morgan fingerprint density at radius 3 is 2.37 bits per heavy atom. The summed E-state index contributed by atoms with van der Waals surface area (Å²) in [5.74, 6) is -0.515. The maximum absolute atomic E-state index is 13.2. The summed E-state index contributed by atoms with van der Waals surface area (Å²) >= 11 is 0. The molecule has 0 atom stereocenters. The average molecular weight is 526 g/mol. The van der Waals surface area contributed by atoms with Gasteiger partial charge in [-0.25, -0.2) is 14.2 Å². The van der Waals surface area contributed by atoms with Crippen LogP contribution in [0.15, 0.2) is 47.5 Å². The number of rotatable bonds is 4. The van der Waals surface area contributed by atoms with E-state index in [9.17, 15) is 19.5 Å². The van der Waals surface area contributed by atoms with E-state index < -0.39 is 17.7 Å². The zero-order valence-electron chi connectivity index (χ0n) is 23.5. The number of carbonyl (C=O) groups is 2. The molecule has 0 saturated carbocycles. The summed E-state index contributed by atoms with van der Waals surface area (Å²) in [4.78, 5) is 38.0. The molecule has 1 aliphatic heterocycles. The summed E-state index contributed by atoms with van der Waals surface area (Å²) in [6.45, 7) is 13.6. The van der Waals surface area contributed by atoms with E-state index in [-0.39, 0.29) is 18.7 Å². The summed E-state index contributed by atoms with van der Waals surface area (Å²) in [6.07, 6.45) is 2.61. The topological polar surface area (TPSA) is 112 Å². The Morgan fingerprint density at radius 2 is 1.76 bits per heavy atom. The number of esters is 1. The zero-order chi connectivity index (χ0) is 28.6. The molecular weight excluding hydrogens is 486 g/mol. The van der Waals surface area contributed by atoms with Crippen molar-refractivity contribution in [2.75, 3.05) is 7.11 Å². The van der Waals surface area contributed by atoms with Crippen LogP contribution in [-0.4, -0.2) is 39.0 Å². The van der Waals surface area contributed by atoms with Gasteiger partial charge >= 0.3 is 12.1 Å². The van der Waals surface area contributed by atoms with Crippen LogP contribution in [0.5, 0.6) is 0 Å². The van der Waals surface area contributed by atoms with Crippen LogP contribution in [0.4, 0.5) is 4.79 Å². The van der Waals surface area contributed by atoms with Gasteiger partial charge in [0.05, 0.1) is 37.0 Å². The van der Waals surface area contributed by atoms with Gasteiger partial charge in [-0.15, -0.1) is 0 Å². The molecule has 1 aromatic carbocycles. The molecule has 4 rings (SSSR count). The van der Waals surface area contributed by atoms with Crippen molar-refractivity contribution < 1.29 is 24.2 Å². The van der Waals surface area contributed by atoms with E-state index in [4.69, 9.17) is 9.47 Å².